The highest BCUT2D eigenvalue weighted by Crippen LogP contribution is 2.05. The molecule has 58 valence electrons. The van der Waals surface area contributed by atoms with Gasteiger partial charge in [-0.3, -0.25) is 16.1 Å². The van der Waals surface area contributed by atoms with Gasteiger partial charge in [-0.05, 0) is 28.1 Å². The molecule has 0 radical (unpaired) electrons. The molecular weight excluding hydrogens is 210 g/mol. The van der Waals surface area contributed by atoms with Gasteiger partial charge < -0.3 is 0 Å². The topological polar surface area (TPSA) is 69.0 Å². The summed E-state index contributed by atoms with van der Waals surface area (Å²) >= 11 is 3.14. The minimum Gasteiger partial charge on any atom is -0.290 e. The molecule has 1 aromatic heterocycles. The smallest absolute Gasteiger partial charge is 0.168 e. The van der Waals surface area contributed by atoms with Gasteiger partial charge in [0.1, 0.15) is 10.3 Å². The van der Waals surface area contributed by atoms with Crippen molar-refractivity contribution >= 4 is 21.8 Å². The van der Waals surface area contributed by atoms with E-state index in [1.54, 1.807) is 23.7 Å². The molecule has 0 aliphatic heterocycles. The Morgan fingerprint density at radius 3 is 2.91 bits per heavy atom. The minimum absolute atomic E-state index is 0.119. The second-order valence-electron chi connectivity index (χ2n) is 1.83. The fourth-order valence-corrected chi connectivity index (χ4v) is 0.948. The Bertz CT molecular complexity index is 276. The zero-order valence-corrected chi connectivity index (χ0v) is 7.09. The first-order valence-electron chi connectivity index (χ1n) is 2.85. The summed E-state index contributed by atoms with van der Waals surface area (Å²) < 4.78 is 0.634. The van der Waals surface area contributed by atoms with E-state index in [1.807, 2.05) is 0 Å². The van der Waals surface area contributed by atoms with Crippen LogP contribution in [-0.2, 0) is 0 Å². The molecule has 11 heavy (non-hydrogen) atoms. The predicted molar refractivity (Wildman–Crippen MR) is 43.7 cm³/mol. The quantitative estimate of drug-likeness (QED) is 0.285. The number of pyridine rings is 1. The fraction of sp³-hybridized carbons (Fsp3) is 0. The van der Waals surface area contributed by atoms with Gasteiger partial charge in [0.15, 0.2) is 5.84 Å². The molecule has 0 saturated carbocycles. The van der Waals surface area contributed by atoms with Crippen molar-refractivity contribution in [3.05, 3.63) is 28.5 Å². The van der Waals surface area contributed by atoms with Gasteiger partial charge in [-0.15, -0.1) is 0 Å². The maximum absolute atomic E-state index is 8.35. The molecule has 0 atom stereocenters. The lowest BCUT2D eigenvalue weighted by molar-refractivity contribution is 0.234. The van der Waals surface area contributed by atoms with Gasteiger partial charge in [0, 0.05) is 0 Å². The Hall–Kier alpha value is -0.940. The Balaban J connectivity index is 2.96. The summed E-state index contributed by atoms with van der Waals surface area (Å²) in [6, 6.07) is 5.10. The molecule has 1 rings (SSSR count). The zero-order valence-electron chi connectivity index (χ0n) is 5.50. The molecule has 0 saturated heterocycles. The molecule has 0 aliphatic rings. The van der Waals surface area contributed by atoms with Gasteiger partial charge in [-0.25, -0.2) is 4.98 Å². The van der Waals surface area contributed by atoms with Crippen LogP contribution in [0.5, 0.6) is 0 Å². The van der Waals surface area contributed by atoms with Crippen LogP contribution in [0.15, 0.2) is 22.8 Å². The summed E-state index contributed by atoms with van der Waals surface area (Å²) in [6.45, 7) is 0. The van der Waals surface area contributed by atoms with E-state index < -0.39 is 0 Å². The third-order valence-electron chi connectivity index (χ3n) is 1.08. The number of hydroxylamine groups is 1. The Labute approximate surface area is 71.9 Å². The lowest BCUT2D eigenvalue weighted by Crippen LogP contribution is -2.19. The van der Waals surface area contributed by atoms with Crippen molar-refractivity contribution in [2.45, 2.75) is 0 Å². The number of aromatic nitrogens is 1. The Kier molecular flexibility index (Phi) is 2.56. The molecule has 0 amide bonds. The molecule has 0 aliphatic carbocycles. The van der Waals surface area contributed by atoms with Crippen LogP contribution in [0.2, 0.25) is 0 Å². The van der Waals surface area contributed by atoms with E-state index in [-0.39, 0.29) is 5.84 Å². The monoisotopic (exact) mass is 215 g/mol. The first-order chi connectivity index (χ1) is 5.24. The van der Waals surface area contributed by atoms with Gasteiger partial charge in [-0.2, -0.15) is 0 Å². The zero-order chi connectivity index (χ0) is 8.27. The number of halogens is 1. The van der Waals surface area contributed by atoms with Gasteiger partial charge in [0.2, 0.25) is 0 Å². The van der Waals surface area contributed by atoms with Gasteiger partial charge in [-0.1, -0.05) is 6.07 Å². The number of nitrogens with one attached hydrogen (secondary N) is 2. The third kappa shape index (κ3) is 1.99. The number of hydrogen-bond acceptors (Lipinski definition) is 3. The van der Waals surface area contributed by atoms with Crippen molar-refractivity contribution in [1.29, 1.82) is 5.41 Å². The third-order valence-corrected chi connectivity index (χ3v) is 1.52. The predicted octanol–water partition coefficient (Wildman–Crippen LogP) is 1.15. The molecule has 0 fully saturated rings. The lowest BCUT2D eigenvalue weighted by atomic mass is 10.3. The highest BCUT2D eigenvalue weighted by atomic mass is 79.9. The van der Waals surface area contributed by atoms with Crippen LogP contribution >= 0.6 is 15.9 Å². The summed E-state index contributed by atoms with van der Waals surface area (Å²) in [6.07, 6.45) is 0. The lowest BCUT2D eigenvalue weighted by Gasteiger charge is -1.99. The minimum atomic E-state index is -0.119. The Morgan fingerprint density at radius 1 is 1.64 bits per heavy atom. The number of hydrogen-bond donors (Lipinski definition) is 3. The normalized spacial score (nSPS) is 9.27. The SMILES string of the molecule is N=C(NO)c1cccc(Br)n1. The molecule has 0 bridgehead atoms. The van der Waals surface area contributed by atoms with Crippen LogP contribution in [0, 0.1) is 5.41 Å². The molecular formula is C6H6BrN3O. The van der Waals surface area contributed by atoms with Crippen LogP contribution in [-0.4, -0.2) is 16.0 Å². The Morgan fingerprint density at radius 2 is 2.36 bits per heavy atom. The van der Waals surface area contributed by atoms with Gasteiger partial charge >= 0.3 is 0 Å². The summed E-state index contributed by atoms with van der Waals surface area (Å²) in [7, 11) is 0. The van der Waals surface area contributed by atoms with E-state index >= 15 is 0 Å². The summed E-state index contributed by atoms with van der Waals surface area (Å²) in [5.41, 5.74) is 2.10. The maximum Gasteiger partial charge on any atom is 0.168 e. The van der Waals surface area contributed by atoms with Crippen molar-refractivity contribution in [1.82, 2.24) is 10.5 Å². The highest BCUT2D eigenvalue weighted by Gasteiger charge is 1.99. The number of nitrogens with zero attached hydrogens (tertiary/aromatic N) is 1. The highest BCUT2D eigenvalue weighted by molar-refractivity contribution is 9.10. The van der Waals surface area contributed by atoms with E-state index in [4.69, 9.17) is 10.6 Å². The first kappa shape index (κ1) is 8.16. The van der Waals surface area contributed by atoms with Crippen molar-refractivity contribution in [3.63, 3.8) is 0 Å². The molecule has 3 N–H and O–H groups in total. The van der Waals surface area contributed by atoms with Gasteiger partial charge in [0.05, 0.1) is 0 Å². The molecule has 1 heterocycles. The van der Waals surface area contributed by atoms with Crippen LogP contribution in [0.25, 0.3) is 0 Å². The number of rotatable bonds is 1. The van der Waals surface area contributed by atoms with E-state index in [2.05, 4.69) is 20.9 Å². The summed E-state index contributed by atoms with van der Waals surface area (Å²) in [4.78, 5) is 3.91. The van der Waals surface area contributed by atoms with E-state index in [9.17, 15) is 0 Å². The average Bonchev–Trinajstić information content (AvgIpc) is 2.03. The van der Waals surface area contributed by atoms with Crippen LogP contribution in [0.3, 0.4) is 0 Å². The van der Waals surface area contributed by atoms with Crippen LogP contribution in [0.1, 0.15) is 5.69 Å². The van der Waals surface area contributed by atoms with Gasteiger partial charge in [0.25, 0.3) is 0 Å². The molecule has 1 aromatic rings. The van der Waals surface area contributed by atoms with Crippen LogP contribution in [0.4, 0.5) is 0 Å². The standard InChI is InChI=1S/C6H6BrN3O/c7-5-3-1-2-4(9-5)6(8)10-11/h1-3,11H,(H2,8,10). The van der Waals surface area contributed by atoms with Crippen molar-refractivity contribution in [2.75, 3.05) is 0 Å². The molecule has 4 nitrogen and oxygen atoms in total. The molecule has 0 spiro atoms. The first-order valence-corrected chi connectivity index (χ1v) is 3.65. The molecule has 5 heteroatoms. The summed E-state index contributed by atoms with van der Waals surface area (Å²) in [5, 5.41) is 15.5. The summed E-state index contributed by atoms with van der Waals surface area (Å²) in [5.74, 6) is -0.119. The molecule has 0 unspecified atom stereocenters. The van der Waals surface area contributed by atoms with E-state index in [0.29, 0.717) is 10.3 Å². The molecule has 0 aromatic carbocycles. The van der Waals surface area contributed by atoms with Crippen molar-refractivity contribution < 1.29 is 5.21 Å². The van der Waals surface area contributed by atoms with E-state index in [1.165, 1.54) is 0 Å². The maximum atomic E-state index is 8.35. The average molecular weight is 216 g/mol. The largest absolute Gasteiger partial charge is 0.290 e. The second kappa shape index (κ2) is 3.45. The van der Waals surface area contributed by atoms with Crippen LogP contribution < -0.4 is 5.48 Å². The number of amidine groups is 1. The van der Waals surface area contributed by atoms with Crippen molar-refractivity contribution in [3.8, 4) is 0 Å². The second-order valence-corrected chi connectivity index (χ2v) is 2.64. The van der Waals surface area contributed by atoms with E-state index in [0.717, 1.165) is 0 Å². The fourth-order valence-electron chi connectivity index (χ4n) is 0.605. The van der Waals surface area contributed by atoms with Crippen molar-refractivity contribution in [2.24, 2.45) is 0 Å².